The fourth-order valence-electron chi connectivity index (χ4n) is 3.22. The van der Waals surface area contributed by atoms with Gasteiger partial charge >= 0.3 is 0 Å². The molecule has 1 aromatic carbocycles. The number of hydrogen-bond acceptors (Lipinski definition) is 8. The molecule has 1 aliphatic heterocycles. The van der Waals surface area contributed by atoms with Crippen molar-refractivity contribution in [1.82, 2.24) is 5.01 Å². The average molecular weight is 441 g/mol. The predicted octanol–water partition coefficient (Wildman–Crippen LogP) is 2.00. The molecule has 1 N–H and O–H groups in total. The standard InChI is InChI=1S/C19H21ClN2O6S/c1-29(26,27)16-6-5-12(19(25)17-14(23)3-2-4-15(17)24)18(20)13(16)11-21-22-7-9-28-10-8-22/h5-6,11,25H,2-4,7-10H2,1H3/b21-11+. The number of carbonyl (C=O) groups is 2. The molecule has 1 heterocycles. The molecular formula is C19H21ClN2O6S. The van der Waals surface area contributed by atoms with Crippen LogP contribution in [0.25, 0.3) is 5.76 Å². The summed E-state index contributed by atoms with van der Waals surface area (Å²) in [6, 6.07) is 2.58. The Morgan fingerprint density at radius 1 is 1.21 bits per heavy atom. The number of hydrazone groups is 1. The zero-order chi connectivity index (χ0) is 21.2. The Balaban J connectivity index is 2.12. The van der Waals surface area contributed by atoms with Crippen LogP contribution in [0.4, 0.5) is 0 Å². The van der Waals surface area contributed by atoms with Gasteiger partial charge in [0.25, 0.3) is 0 Å². The van der Waals surface area contributed by atoms with Crippen LogP contribution in [0.3, 0.4) is 0 Å². The molecule has 1 saturated carbocycles. The highest BCUT2D eigenvalue weighted by Crippen LogP contribution is 2.33. The van der Waals surface area contributed by atoms with E-state index in [-0.39, 0.29) is 39.5 Å². The molecule has 0 aromatic heterocycles. The van der Waals surface area contributed by atoms with Crippen LogP contribution in [0.2, 0.25) is 5.02 Å². The number of sulfone groups is 1. The average Bonchev–Trinajstić information content (AvgIpc) is 2.66. The second kappa shape index (κ2) is 8.64. The fourth-order valence-corrected chi connectivity index (χ4v) is 4.45. The van der Waals surface area contributed by atoms with E-state index in [4.69, 9.17) is 16.3 Å². The van der Waals surface area contributed by atoms with Gasteiger partial charge in [0, 0.05) is 30.2 Å². The summed E-state index contributed by atoms with van der Waals surface area (Å²) < 4.78 is 29.7. The maximum absolute atomic E-state index is 12.2. The van der Waals surface area contributed by atoms with Crippen LogP contribution < -0.4 is 0 Å². The van der Waals surface area contributed by atoms with Crippen molar-refractivity contribution in [1.29, 1.82) is 0 Å². The number of hydrogen-bond donors (Lipinski definition) is 1. The first-order valence-electron chi connectivity index (χ1n) is 9.09. The number of aliphatic hydroxyl groups excluding tert-OH is 1. The van der Waals surface area contributed by atoms with Gasteiger partial charge in [0.05, 0.1) is 42.4 Å². The van der Waals surface area contributed by atoms with Gasteiger partial charge in [0.1, 0.15) is 11.3 Å². The van der Waals surface area contributed by atoms with E-state index in [1.54, 1.807) is 5.01 Å². The lowest BCUT2D eigenvalue weighted by Crippen LogP contribution is -2.32. The van der Waals surface area contributed by atoms with Crippen LogP contribution in [-0.2, 0) is 24.2 Å². The molecule has 1 aromatic rings. The molecular weight excluding hydrogens is 420 g/mol. The summed E-state index contributed by atoms with van der Waals surface area (Å²) in [6.45, 7) is 2.09. The first-order valence-corrected chi connectivity index (χ1v) is 11.4. The number of carbonyl (C=O) groups excluding carboxylic acids is 2. The molecule has 0 radical (unpaired) electrons. The van der Waals surface area contributed by atoms with E-state index in [2.05, 4.69) is 5.10 Å². The zero-order valence-electron chi connectivity index (χ0n) is 15.9. The summed E-state index contributed by atoms with van der Waals surface area (Å²) in [7, 11) is -3.65. The summed E-state index contributed by atoms with van der Waals surface area (Å²) in [5, 5.41) is 16.5. The summed E-state index contributed by atoms with van der Waals surface area (Å²) >= 11 is 6.43. The highest BCUT2D eigenvalue weighted by atomic mass is 35.5. The van der Waals surface area contributed by atoms with Crippen molar-refractivity contribution in [2.75, 3.05) is 32.6 Å². The van der Waals surface area contributed by atoms with Gasteiger partial charge in [-0.25, -0.2) is 8.42 Å². The van der Waals surface area contributed by atoms with E-state index in [1.807, 2.05) is 0 Å². The first-order chi connectivity index (χ1) is 13.7. The van der Waals surface area contributed by atoms with Crippen molar-refractivity contribution in [3.05, 3.63) is 33.9 Å². The Kier molecular flexibility index (Phi) is 6.40. The largest absolute Gasteiger partial charge is 0.506 e. The van der Waals surface area contributed by atoms with Crippen molar-refractivity contribution in [2.24, 2.45) is 5.10 Å². The van der Waals surface area contributed by atoms with Gasteiger partial charge in [-0.15, -0.1) is 0 Å². The number of ketones is 2. The van der Waals surface area contributed by atoms with Crippen LogP contribution >= 0.6 is 11.6 Å². The molecule has 29 heavy (non-hydrogen) atoms. The lowest BCUT2D eigenvalue weighted by molar-refractivity contribution is -0.123. The minimum atomic E-state index is -3.65. The Hall–Kier alpha value is -2.23. The quantitative estimate of drug-likeness (QED) is 0.329. The Morgan fingerprint density at radius 2 is 1.83 bits per heavy atom. The number of morpholine rings is 1. The van der Waals surface area contributed by atoms with Gasteiger partial charge in [-0.2, -0.15) is 5.10 Å². The van der Waals surface area contributed by atoms with Crippen molar-refractivity contribution in [2.45, 2.75) is 24.2 Å². The molecule has 0 atom stereocenters. The summed E-state index contributed by atoms with van der Waals surface area (Å²) in [4.78, 5) is 24.2. The third-order valence-corrected chi connectivity index (χ3v) is 6.30. The first kappa shape index (κ1) is 21.5. The Morgan fingerprint density at radius 3 is 2.41 bits per heavy atom. The minimum absolute atomic E-state index is 0.0149. The number of aliphatic hydroxyl groups is 1. The molecule has 0 unspecified atom stereocenters. The van der Waals surface area contributed by atoms with Crippen molar-refractivity contribution in [3.63, 3.8) is 0 Å². The number of rotatable bonds is 4. The van der Waals surface area contributed by atoms with Crippen LogP contribution in [-0.4, -0.2) is 68.9 Å². The van der Waals surface area contributed by atoms with Gasteiger partial charge in [0.15, 0.2) is 21.4 Å². The molecule has 0 amide bonds. The monoisotopic (exact) mass is 440 g/mol. The lowest BCUT2D eigenvalue weighted by atomic mass is 9.89. The van der Waals surface area contributed by atoms with Crippen LogP contribution in [0.5, 0.6) is 0 Å². The number of benzene rings is 1. The minimum Gasteiger partial charge on any atom is -0.506 e. The molecule has 10 heteroatoms. The smallest absolute Gasteiger partial charge is 0.176 e. The topological polar surface area (TPSA) is 113 Å². The summed E-state index contributed by atoms with van der Waals surface area (Å²) in [6.07, 6.45) is 3.12. The SMILES string of the molecule is CS(=O)(=O)c1ccc(C(O)=C2C(=O)CCCC2=O)c(Cl)c1/C=N/N1CCOCC1. The van der Waals surface area contributed by atoms with Crippen molar-refractivity contribution >= 4 is 45.0 Å². The van der Waals surface area contributed by atoms with Crippen molar-refractivity contribution in [3.8, 4) is 0 Å². The second-order valence-electron chi connectivity index (χ2n) is 6.85. The van der Waals surface area contributed by atoms with Crippen molar-refractivity contribution < 1.29 is 27.9 Å². The lowest BCUT2D eigenvalue weighted by Gasteiger charge is -2.23. The highest BCUT2D eigenvalue weighted by Gasteiger charge is 2.29. The van der Waals surface area contributed by atoms with Crippen LogP contribution in [0, 0.1) is 0 Å². The highest BCUT2D eigenvalue weighted by molar-refractivity contribution is 7.90. The van der Waals surface area contributed by atoms with Gasteiger partial charge < -0.3 is 9.84 Å². The molecule has 1 aliphatic carbocycles. The van der Waals surface area contributed by atoms with E-state index in [1.165, 1.54) is 18.3 Å². The molecule has 8 nitrogen and oxygen atoms in total. The predicted molar refractivity (Wildman–Crippen MR) is 108 cm³/mol. The maximum atomic E-state index is 12.2. The van der Waals surface area contributed by atoms with E-state index >= 15 is 0 Å². The van der Waals surface area contributed by atoms with E-state index in [0.29, 0.717) is 32.7 Å². The third kappa shape index (κ3) is 4.68. The van der Waals surface area contributed by atoms with Gasteiger partial charge in [0.2, 0.25) is 0 Å². The molecule has 0 bridgehead atoms. The Bertz CT molecular complexity index is 992. The van der Waals surface area contributed by atoms with Gasteiger partial charge in [-0.1, -0.05) is 11.6 Å². The molecule has 0 spiro atoms. The molecule has 3 rings (SSSR count). The molecule has 1 saturated heterocycles. The number of nitrogens with zero attached hydrogens (tertiary/aromatic N) is 2. The summed E-state index contributed by atoms with van der Waals surface area (Å²) in [5.41, 5.74) is -0.191. The number of Topliss-reactive ketones (excluding diaryl/α,β-unsaturated/α-hetero) is 2. The third-order valence-electron chi connectivity index (χ3n) is 4.73. The second-order valence-corrected chi connectivity index (χ2v) is 9.21. The summed E-state index contributed by atoms with van der Waals surface area (Å²) in [5.74, 6) is -1.44. The number of allylic oxidation sites excluding steroid dienone is 1. The van der Waals surface area contributed by atoms with Crippen LogP contribution in [0.15, 0.2) is 27.7 Å². The van der Waals surface area contributed by atoms with E-state index in [0.717, 1.165) is 6.26 Å². The molecule has 156 valence electrons. The van der Waals surface area contributed by atoms with Gasteiger partial charge in [-0.3, -0.25) is 14.6 Å². The molecule has 2 fully saturated rings. The Labute approximate surface area is 173 Å². The number of ether oxygens (including phenoxy) is 1. The fraction of sp³-hybridized carbons (Fsp3) is 0.421. The van der Waals surface area contributed by atoms with E-state index in [9.17, 15) is 23.1 Å². The normalized spacial score (nSPS) is 18.6. The zero-order valence-corrected chi connectivity index (χ0v) is 17.4. The van der Waals surface area contributed by atoms with Crippen LogP contribution in [0.1, 0.15) is 30.4 Å². The maximum Gasteiger partial charge on any atom is 0.176 e. The molecule has 2 aliphatic rings. The number of halogens is 1. The van der Waals surface area contributed by atoms with E-state index < -0.39 is 27.2 Å². The van der Waals surface area contributed by atoms with Gasteiger partial charge in [-0.05, 0) is 18.6 Å².